The van der Waals surface area contributed by atoms with Crippen LogP contribution in [0.3, 0.4) is 0 Å². The first kappa shape index (κ1) is 25.2. The third-order valence-corrected chi connectivity index (χ3v) is 5.09. The number of carboxylic acid groups (broad SMARTS) is 1. The molecule has 3 rings (SSSR count). The van der Waals surface area contributed by atoms with Crippen molar-refractivity contribution in [2.75, 3.05) is 7.11 Å². The minimum absolute atomic E-state index is 0.0131. The Hall–Kier alpha value is -3.11. The Morgan fingerprint density at radius 2 is 1.91 bits per heavy atom. The largest absolute Gasteiger partial charge is 0.490 e. The summed E-state index contributed by atoms with van der Waals surface area (Å²) in [5.41, 5.74) is 2.05. The molecule has 1 amide bonds. The van der Waals surface area contributed by atoms with Crippen molar-refractivity contribution in [2.24, 2.45) is 0 Å². The van der Waals surface area contributed by atoms with Gasteiger partial charge in [-0.1, -0.05) is 18.6 Å². The van der Waals surface area contributed by atoms with Crippen molar-refractivity contribution in [3.63, 3.8) is 0 Å². The summed E-state index contributed by atoms with van der Waals surface area (Å²) in [5, 5.41) is 10.2. The number of aromatic nitrogens is 2. The highest BCUT2D eigenvalue weighted by molar-refractivity contribution is 5.77. The topological polar surface area (TPSA) is 121 Å². The highest BCUT2D eigenvalue weighted by atomic mass is 19.4. The number of benzene rings is 1. The standard InChI is InChI=1S/C19H25N3O3.C2HF3O2/c1-25-18(24)11-5-10-17(23)20-14-7-4-6-13(12-14)19-21-15-8-2-3-9-16(15)22-19;3-2(4,5)1(6)7/h2-3,8-9,13-14H,4-7,10-12H2,1H3,(H,20,23)(H,21,22);(H,6,7). The van der Waals surface area contributed by atoms with Crippen LogP contribution < -0.4 is 5.32 Å². The van der Waals surface area contributed by atoms with E-state index in [2.05, 4.69) is 15.0 Å². The molecule has 0 spiro atoms. The minimum atomic E-state index is -5.08. The first-order valence-corrected chi connectivity index (χ1v) is 10.2. The van der Waals surface area contributed by atoms with Crippen molar-refractivity contribution in [3.8, 4) is 0 Å². The summed E-state index contributed by atoms with van der Waals surface area (Å²) in [6, 6.07) is 8.22. The zero-order chi connectivity index (χ0) is 23.7. The number of esters is 1. The van der Waals surface area contributed by atoms with Crippen LogP contribution in [0.4, 0.5) is 13.2 Å². The number of aromatic amines is 1. The summed E-state index contributed by atoms with van der Waals surface area (Å²) in [6.07, 6.45) is 0.167. The molecule has 1 aromatic heterocycles. The number of ether oxygens (including phenoxy) is 1. The molecule has 1 fully saturated rings. The van der Waals surface area contributed by atoms with Gasteiger partial charge in [-0.25, -0.2) is 9.78 Å². The van der Waals surface area contributed by atoms with Crippen molar-refractivity contribution >= 4 is 28.9 Å². The number of nitrogens with one attached hydrogen (secondary N) is 2. The van der Waals surface area contributed by atoms with Gasteiger partial charge in [-0.05, 0) is 37.8 Å². The minimum Gasteiger partial charge on any atom is -0.475 e. The van der Waals surface area contributed by atoms with Crippen LogP contribution in [-0.4, -0.2) is 52.2 Å². The van der Waals surface area contributed by atoms with Gasteiger partial charge >= 0.3 is 18.1 Å². The summed E-state index contributed by atoms with van der Waals surface area (Å²) >= 11 is 0. The second-order valence-corrected chi connectivity index (χ2v) is 7.50. The van der Waals surface area contributed by atoms with Crippen molar-refractivity contribution in [1.82, 2.24) is 15.3 Å². The molecule has 0 bridgehead atoms. The molecule has 3 N–H and O–H groups in total. The fourth-order valence-corrected chi connectivity index (χ4v) is 3.53. The fraction of sp³-hybridized carbons (Fsp3) is 0.524. The molecule has 1 aliphatic rings. The van der Waals surface area contributed by atoms with Gasteiger partial charge in [0, 0.05) is 24.8 Å². The normalized spacial score (nSPS) is 18.4. The number of amides is 1. The zero-order valence-corrected chi connectivity index (χ0v) is 17.6. The maximum absolute atomic E-state index is 12.1. The van der Waals surface area contributed by atoms with E-state index in [0.29, 0.717) is 18.8 Å². The third-order valence-electron chi connectivity index (χ3n) is 5.09. The summed E-state index contributed by atoms with van der Waals surface area (Å²) < 4.78 is 36.3. The second-order valence-electron chi connectivity index (χ2n) is 7.50. The van der Waals surface area contributed by atoms with Gasteiger partial charge in [0.25, 0.3) is 0 Å². The van der Waals surface area contributed by atoms with Crippen LogP contribution in [0, 0.1) is 0 Å². The van der Waals surface area contributed by atoms with Crippen molar-refractivity contribution in [2.45, 2.75) is 63.1 Å². The monoisotopic (exact) mass is 457 g/mol. The van der Waals surface area contributed by atoms with Gasteiger partial charge in [0.2, 0.25) is 5.91 Å². The Morgan fingerprint density at radius 1 is 1.22 bits per heavy atom. The van der Waals surface area contributed by atoms with E-state index in [1.165, 1.54) is 7.11 Å². The summed E-state index contributed by atoms with van der Waals surface area (Å²) in [7, 11) is 1.36. The molecule has 0 radical (unpaired) electrons. The van der Waals surface area contributed by atoms with Crippen molar-refractivity contribution < 1.29 is 37.4 Å². The molecule has 1 aliphatic carbocycles. The molecule has 0 aliphatic heterocycles. The highest BCUT2D eigenvalue weighted by Crippen LogP contribution is 2.32. The molecule has 1 heterocycles. The Morgan fingerprint density at radius 3 is 2.53 bits per heavy atom. The van der Waals surface area contributed by atoms with Crippen LogP contribution in [0.25, 0.3) is 11.0 Å². The molecule has 32 heavy (non-hydrogen) atoms. The zero-order valence-electron chi connectivity index (χ0n) is 17.6. The van der Waals surface area contributed by atoms with E-state index in [0.717, 1.165) is 42.5 Å². The maximum atomic E-state index is 12.1. The lowest BCUT2D eigenvalue weighted by Crippen LogP contribution is -2.38. The number of carboxylic acids is 1. The van der Waals surface area contributed by atoms with Crippen LogP contribution in [-0.2, 0) is 19.1 Å². The lowest BCUT2D eigenvalue weighted by Gasteiger charge is -2.28. The molecule has 1 aromatic carbocycles. The van der Waals surface area contributed by atoms with Gasteiger partial charge in [-0.3, -0.25) is 9.59 Å². The van der Waals surface area contributed by atoms with E-state index in [4.69, 9.17) is 14.9 Å². The number of fused-ring (bicyclic) bond motifs is 1. The smallest absolute Gasteiger partial charge is 0.475 e. The number of rotatable bonds is 6. The van der Waals surface area contributed by atoms with Crippen LogP contribution in [0.1, 0.15) is 56.7 Å². The van der Waals surface area contributed by atoms with Gasteiger partial charge in [0.1, 0.15) is 5.82 Å². The van der Waals surface area contributed by atoms with Gasteiger partial charge in [0.05, 0.1) is 18.1 Å². The van der Waals surface area contributed by atoms with Gasteiger partial charge in [0.15, 0.2) is 0 Å². The number of methoxy groups -OCH3 is 1. The number of carbonyl (C=O) groups excluding carboxylic acids is 2. The Bertz CT molecular complexity index is 896. The molecular weight excluding hydrogens is 431 g/mol. The number of imidazole rings is 1. The van der Waals surface area contributed by atoms with Crippen LogP contribution in [0.15, 0.2) is 24.3 Å². The van der Waals surface area contributed by atoms with E-state index >= 15 is 0 Å². The number of nitrogens with zero attached hydrogens (tertiary/aromatic N) is 1. The predicted octanol–water partition coefficient (Wildman–Crippen LogP) is 3.68. The van der Waals surface area contributed by atoms with Gasteiger partial charge in [-0.15, -0.1) is 0 Å². The Balaban J connectivity index is 0.000000451. The maximum Gasteiger partial charge on any atom is 0.490 e. The highest BCUT2D eigenvalue weighted by Gasteiger charge is 2.38. The average molecular weight is 457 g/mol. The fourth-order valence-electron chi connectivity index (χ4n) is 3.53. The molecule has 2 unspecified atom stereocenters. The van der Waals surface area contributed by atoms with E-state index in [1.54, 1.807) is 0 Å². The first-order valence-electron chi connectivity index (χ1n) is 10.2. The van der Waals surface area contributed by atoms with Crippen molar-refractivity contribution in [1.29, 1.82) is 0 Å². The van der Waals surface area contributed by atoms with Crippen LogP contribution >= 0.6 is 0 Å². The number of alkyl halides is 3. The molecule has 11 heteroatoms. The average Bonchev–Trinajstić information content (AvgIpc) is 3.18. The van der Waals surface area contributed by atoms with Gasteiger partial charge < -0.3 is 20.1 Å². The molecule has 8 nitrogen and oxygen atoms in total. The Labute approximate surface area is 182 Å². The molecular formula is C21H26F3N3O5. The van der Waals surface area contributed by atoms with E-state index in [9.17, 15) is 22.8 Å². The third kappa shape index (κ3) is 7.86. The molecule has 1 saturated carbocycles. The van der Waals surface area contributed by atoms with E-state index < -0.39 is 12.1 Å². The summed E-state index contributed by atoms with van der Waals surface area (Å²) in [5.74, 6) is -1.64. The van der Waals surface area contributed by atoms with Crippen molar-refractivity contribution in [3.05, 3.63) is 30.1 Å². The molecule has 0 saturated heterocycles. The number of H-pyrrole nitrogens is 1. The Kier molecular flexibility index (Phi) is 9.03. The van der Waals surface area contributed by atoms with E-state index in [1.807, 2.05) is 24.3 Å². The number of halogens is 3. The summed E-state index contributed by atoms with van der Waals surface area (Å²) in [6.45, 7) is 0. The lowest BCUT2D eigenvalue weighted by molar-refractivity contribution is -0.192. The number of hydrogen-bond acceptors (Lipinski definition) is 5. The second kappa shape index (κ2) is 11.5. The molecule has 176 valence electrons. The molecule has 2 atom stereocenters. The summed E-state index contributed by atoms with van der Waals surface area (Å²) in [4.78, 5) is 40.2. The number of aliphatic carboxylic acids is 1. The number of carbonyl (C=O) groups is 3. The van der Waals surface area contributed by atoms with E-state index in [-0.39, 0.29) is 24.3 Å². The SMILES string of the molecule is COC(=O)CCCC(=O)NC1CCCC(c2nc3ccccc3[nH]2)C1.O=C(O)C(F)(F)F. The number of hydrogen-bond donors (Lipinski definition) is 3. The number of para-hydroxylation sites is 2. The first-order chi connectivity index (χ1) is 15.1. The lowest BCUT2D eigenvalue weighted by atomic mass is 9.85. The van der Waals surface area contributed by atoms with Gasteiger partial charge in [-0.2, -0.15) is 13.2 Å². The predicted molar refractivity (Wildman–Crippen MR) is 109 cm³/mol. The quantitative estimate of drug-likeness (QED) is 0.569. The van der Waals surface area contributed by atoms with Crippen LogP contribution in [0.5, 0.6) is 0 Å². The molecule has 2 aromatic rings. The van der Waals surface area contributed by atoms with Crippen LogP contribution in [0.2, 0.25) is 0 Å².